The van der Waals surface area contributed by atoms with E-state index in [1.807, 2.05) is 6.26 Å². The molecule has 0 fully saturated rings. The molecule has 0 radical (unpaired) electrons. The minimum atomic E-state index is 0.139. The Morgan fingerprint density at radius 2 is 2.00 bits per heavy atom. The van der Waals surface area contributed by atoms with Gasteiger partial charge in [-0.05, 0) is 17.4 Å². The molecule has 0 aliphatic heterocycles. The summed E-state index contributed by atoms with van der Waals surface area (Å²) in [4.78, 5) is 0. The lowest BCUT2D eigenvalue weighted by atomic mass is 12.0. The second kappa shape index (κ2) is 2.25. The quantitative estimate of drug-likeness (QED) is 0.411. The van der Waals surface area contributed by atoms with Gasteiger partial charge in [0, 0.05) is 0 Å². The van der Waals surface area contributed by atoms with Gasteiger partial charge >= 0.3 is 0 Å². The van der Waals surface area contributed by atoms with Crippen LogP contribution in [0.4, 0.5) is 0 Å². The van der Waals surface area contributed by atoms with Crippen molar-refractivity contribution in [3.05, 3.63) is 0 Å². The molecule has 26 valence electrons. The van der Waals surface area contributed by atoms with Gasteiger partial charge in [-0.15, -0.1) is 9.07 Å². The first-order valence-corrected chi connectivity index (χ1v) is 4.85. The average molecular weight is 112 g/mol. The summed E-state index contributed by atoms with van der Waals surface area (Å²) in [5.74, 6) is 0. The second-order valence-electron chi connectivity index (χ2n) is 0.499. The number of hydrogen-bond donors (Lipinski definition) is 0. The summed E-state index contributed by atoms with van der Waals surface area (Å²) in [6, 6.07) is 0. The zero-order chi connectivity index (χ0) is 3.58. The molecule has 0 bridgehead atoms. The fourth-order valence-corrected chi connectivity index (χ4v) is 0. The van der Waals surface area contributed by atoms with Crippen LogP contribution in [0.3, 0.4) is 0 Å². The van der Waals surface area contributed by atoms with Crippen LogP contribution >= 0.6 is 8.44 Å². The van der Waals surface area contributed by atoms with E-state index in [-0.39, 0.29) is 9.07 Å². The van der Waals surface area contributed by atoms with Crippen molar-refractivity contribution in [1.29, 1.82) is 0 Å². The predicted molar refractivity (Wildman–Crippen MR) is 30.4 cm³/mol. The highest BCUT2D eigenvalue weighted by atomic mass is 33.1. The normalized spacial score (nSPS) is 15.5. The van der Waals surface area contributed by atoms with Crippen LogP contribution in [0.25, 0.3) is 0 Å². The second-order valence-corrected chi connectivity index (χ2v) is 6.22. The monoisotopic (exact) mass is 112 g/mol. The lowest BCUT2D eigenvalue weighted by Crippen LogP contribution is -1.51. The topological polar surface area (TPSA) is 0 Å². The number of rotatable bonds is 0. The van der Waals surface area contributed by atoms with Crippen molar-refractivity contribution in [3.63, 3.8) is 0 Å². The Morgan fingerprint density at radius 3 is 2.00 bits per heavy atom. The van der Waals surface area contributed by atoms with Crippen LogP contribution in [0.15, 0.2) is 0 Å². The van der Waals surface area contributed by atoms with E-state index in [1.54, 1.807) is 0 Å². The van der Waals surface area contributed by atoms with E-state index in [9.17, 15) is 0 Å². The van der Waals surface area contributed by atoms with E-state index in [4.69, 9.17) is 0 Å². The summed E-state index contributed by atoms with van der Waals surface area (Å²) >= 11 is 4.61. The molecule has 2 unspecified atom stereocenters. The first-order chi connectivity index (χ1) is 1.73. The maximum atomic E-state index is 4.61. The smallest absolute Gasteiger partial charge is 0.0103 e. The van der Waals surface area contributed by atoms with Crippen LogP contribution in [0.1, 0.15) is 0 Å². The Balaban J connectivity index is 2.80. The van der Waals surface area contributed by atoms with E-state index in [0.717, 1.165) is 0 Å². The van der Waals surface area contributed by atoms with Crippen LogP contribution in [0.5, 0.6) is 0 Å². The van der Waals surface area contributed by atoms with Crippen molar-refractivity contribution >= 4 is 28.7 Å². The Morgan fingerprint density at radius 1 is 2.00 bits per heavy atom. The lowest BCUT2D eigenvalue weighted by Gasteiger charge is -1.66. The summed E-state index contributed by atoms with van der Waals surface area (Å²) in [5, 5.41) is 0. The van der Waals surface area contributed by atoms with Crippen molar-refractivity contribution in [3.8, 4) is 0 Å². The van der Waals surface area contributed by atoms with Crippen LogP contribution in [0.2, 0.25) is 0 Å². The van der Waals surface area contributed by atoms with Gasteiger partial charge in [-0.25, -0.2) is 0 Å². The summed E-state index contributed by atoms with van der Waals surface area (Å²) in [6.07, 6.45) is 1.97. The van der Waals surface area contributed by atoms with Gasteiger partial charge in [-0.1, -0.05) is 8.44 Å². The molecular weight excluding hydrogens is 107 g/mol. The molecule has 0 saturated heterocycles. The van der Waals surface area contributed by atoms with Gasteiger partial charge in [0.1, 0.15) is 0 Å². The highest BCUT2D eigenvalue weighted by Crippen LogP contribution is 1.82. The molecule has 0 rings (SSSR count). The molecule has 0 aromatic rings. The van der Waals surface area contributed by atoms with Crippen LogP contribution in [-0.4, -0.2) is 6.26 Å². The number of hydrogen-bond acceptors (Lipinski definition) is 1. The Kier molecular flexibility index (Phi) is 2.81. The third kappa shape index (κ3) is 12.0. The molecule has 0 aromatic heterocycles. The molecule has 0 saturated carbocycles. The van der Waals surface area contributed by atoms with Gasteiger partial charge in [-0.3, -0.25) is 0 Å². The van der Waals surface area contributed by atoms with Crippen LogP contribution in [0, 0.1) is 0 Å². The van der Waals surface area contributed by atoms with E-state index >= 15 is 0 Å². The Bertz CT molecular complexity index is 29.0. The third-order valence-electron chi connectivity index (χ3n) is 0. The van der Waals surface area contributed by atoms with Gasteiger partial charge < -0.3 is 0 Å². The Labute approximate surface area is 35.5 Å². The average Bonchev–Trinajstić information content (AvgIpc) is 0.811. The molecule has 0 N–H and O–H groups in total. The van der Waals surface area contributed by atoms with Gasteiger partial charge in [0.15, 0.2) is 0 Å². The molecular formula is CH5PS2. The highest BCUT2D eigenvalue weighted by molar-refractivity contribution is 8.56. The van der Waals surface area contributed by atoms with Crippen LogP contribution < -0.4 is 0 Å². The molecule has 4 heavy (non-hydrogen) atoms. The minimum absolute atomic E-state index is 0.139. The van der Waals surface area contributed by atoms with Gasteiger partial charge in [0.05, 0.1) is 0 Å². The standard InChI is InChI=1S/CH5PS2/c1-4(2)3/h2H2,1H3. The van der Waals surface area contributed by atoms with Crippen molar-refractivity contribution in [2.24, 2.45) is 0 Å². The largest absolute Gasteiger partial charge is 0.107 e. The molecule has 0 aliphatic rings. The van der Waals surface area contributed by atoms with E-state index in [2.05, 4.69) is 19.6 Å². The molecule has 0 aliphatic carbocycles. The fourth-order valence-electron chi connectivity index (χ4n) is 0. The van der Waals surface area contributed by atoms with Crippen LogP contribution in [-0.2, 0) is 20.3 Å². The van der Waals surface area contributed by atoms with Crippen molar-refractivity contribution < 1.29 is 0 Å². The molecule has 3 heteroatoms. The first-order valence-electron chi connectivity index (χ1n) is 0.811. The molecule has 0 nitrogen and oxygen atoms in total. The highest BCUT2D eigenvalue weighted by Gasteiger charge is 1.51. The molecule has 0 aromatic carbocycles. The van der Waals surface area contributed by atoms with Crippen molar-refractivity contribution in [2.45, 2.75) is 0 Å². The van der Waals surface area contributed by atoms with E-state index < -0.39 is 0 Å². The van der Waals surface area contributed by atoms with E-state index in [1.165, 1.54) is 0 Å². The van der Waals surface area contributed by atoms with Crippen molar-refractivity contribution in [2.75, 3.05) is 6.26 Å². The molecule has 2 atom stereocenters. The Hall–Kier alpha value is 1.00. The third-order valence-corrected chi connectivity index (χ3v) is 0. The molecule has 0 spiro atoms. The zero-order valence-corrected chi connectivity index (χ0v) is 5.18. The minimum Gasteiger partial charge on any atom is -0.107 e. The maximum Gasteiger partial charge on any atom is -0.0103 e. The molecule has 0 amide bonds. The zero-order valence-electron chi connectivity index (χ0n) is 2.39. The summed E-state index contributed by atoms with van der Waals surface area (Å²) < 4.78 is 0. The van der Waals surface area contributed by atoms with E-state index in [0.29, 0.717) is 0 Å². The predicted octanol–water partition coefficient (Wildman–Crippen LogP) is 0.486. The van der Waals surface area contributed by atoms with Gasteiger partial charge in [0.2, 0.25) is 0 Å². The molecule has 0 heterocycles. The maximum absolute atomic E-state index is 4.61. The summed E-state index contributed by atoms with van der Waals surface area (Å²) in [5.41, 5.74) is 0. The van der Waals surface area contributed by atoms with Gasteiger partial charge in [-0.2, -0.15) is 0 Å². The first kappa shape index (κ1) is 5.00. The fraction of sp³-hybridized carbons (Fsp3) is 1.00. The summed E-state index contributed by atoms with van der Waals surface area (Å²) in [7, 11) is 2.64. The summed E-state index contributed by atoms with van der Waals surface area (Å²) in [6.45, 7) is 0. The lowest BCUT2D eigenvalue weighted by molar-refractivity contribution is 2.53. The SMILES string of the molecule is CS(P)=S. The van der Waals surface area contributed by atoms with Gasteiger partial charge in [0.25, 0.3) is 0 Å². The van der Waals surface area contributed by atoms with Crippen molar-refractivity contribution in [1.82, 2.24) is 0 Å².